The molecule has 19 heavy (non-hydrogen) atoms. The summed E-state index contributed by atoms with van der Waals surface area (Å²) in [4.78, 5) is 15.1. The number of rotatable bonds is 4. The van der Waals surface area contributed by atoms with Crippen molar-refractivity contribution in [1.29, 1.82) is 0 Å². The van der Waals surface area contributed by atoms with Crippen LogP contribution in [0, 0.1) is 0 Å². The first-order valence-corrected chi connectivity index (χ1v) is 7.75. The molecule has 1 amide bonds. The fourth-order valence-electron chi connectivity index (χ4n) is 1.73. The highest BCUT2D eigenvalue weighted by Crippen LogP contribution is 2.20. The Morgan fingerprint density at radius 3 is 2.53 bits per heavy atom. The average molecular weight is 340 g/mol. The van der Waals surface area contributed by atoms with Gasteiger partial charge in [-0.05, 0) is 45.9 Å². The van der Waals surface area contributed by atoms with E-state index in [0.29, 0.717) is 16.8 Å². The van der Waals surface area contributed by atoms with Gasteiger partial charge in [0.05, 0.1) is 11.8 Å². The lowest BCUT2D eigenvalue weighted by Crippen LogP contribution is -2.26. The molecule has 100 valence electrons. The van der Waals surface area contributed by atoms with Crippen molar-refractivity contribution in [1.82, 2.24) is 4.90 Å². The van der Waals surface area contributed by atoms with Crippen molar-refractivity contribution >= 4 is 33.6 Å². The lowest BCUT2D eigenvalue weighted by molar-refractivity contribution is 0.0783. The summed E-state index contributed by atoms with van der Waals surface area (Å²) in [5.41, 5.74) is 1.65. The minimum absolute atomic E-state index is 0.0606. The van der Waals surface area contributed by atoms with Crippen molar-refractivity contribution in [2.45, 2.75) is 11.4 Å². The summed E-state index contributed by atoms with van der Waals surface area (Å²) < 4.78 is 5.56. The van der Waals surface area contributed by atoms with Gasteiger partial charge in [0.15, 0.2) is 4.67 Å². The van der Waals surface area contributed by atoms with Crippen LogP contribution in [-0.4, -0.2) is 24.1 Å². The molecule has 3 nitrogen and oxygen atoms in total. The quantitative estimate of drug-likeness (QED) is 0.788. The normalized spacial score (nSPS) is 10.5. The van der Waals surface area contributed by atoms with Crippen LogP contribution >= 0.6 is 27.7 Å². The molecule has 5 heteroatoms. The number of benzene rings is 1. The summed E-state index contributed by atoms with van der Waals surface area (Å²) in [5, 5.41) is 0. The molecule has 0 fully saturated rings. The second kappa shape index (κ2) is 6.30. The predicted octanol–water partition coefficient (Wildman–Crippen LogP) is 4.04. The Morgan fingerprint density at radius 1 is 1.32 bits per heavy atom. The van der Waals surface area contributed by atoms with Crippen LogP contribution in [0.5, 0.6) is 0 Å². The first kappa shape index (κ1) is 14.2. The highest BCUT2D eigenvalue weighted by Gasteiger charge is 2.17. The van der Waals surface area contributed by atoms with Gasteiger partial charge in [-0.1, -0.05) is 12.1 Å². The van der Waals surface area contributed by atoms with Crippen molar-refractivity contribution in [3.63, 3.8) is 0 Å². The molecule has 0 aliphatic heterocycles. The monoisotopic (exact) mass is 339 g/mol. The van der Waals surface area contributed by atoms with E-state index in [2.05, 4.69) is 28.1 Å². The molecule has 0 atom stereocenters. The summed E-state index contributed by atoms with van der Waals surface area (Å²) in [6.07, 6.45) is 3.54. The van der Waals surface area contributed by atoms with E-state index in [4.69, 9.17) is 4.42 Å². The lowest BCUT2D eigenvalue weighted by atomic mass is 10.2. The molecule has 2 aromatic rings. The first-order valence-electron chi connectivity index (χ1n) is 5.73. The number of nitrogens with zero attached hydrogens (tertiary/aromatic N) is 1. The summed E-state index contributed by atoms with van der Waals surface area (Å²) >= 11 is 4.93. The smallest absolute Gasteiger partial charge is 0.258 e. The van der Waals surface area contributed by atoms with Gasteiger partial charge in [0.2, 0.25) is 0 Å². The molecule has 0 aliphatic carbocycles. The Hall–Kier alpha value is -1.20. The van der Waals surface area contributed by atoms with E-state index in [9.17, 15) is 4.79 Å². The van der Waals surface area contributed by atoms with Crippen molar-refractivity contribution in [2.75, 3.05) is 13.3 Å². The molecule has 1 heterocycles. The second-order valence-electron chi connectivity index (χ2n) is 4.12. The van der Waals surface area contributed by atoms with E-state index < -0.39 is 0 Å². The van der Waals surface area contributed by atoms with E-state index >= 15 is 0 Å². The zero-order valence-corrected chi connectivity index (χ0v) is 13.1. The van der Waals surface area contributed by atoms with Crippen LogP contribution in [0.15, 0.2) is 50.6 Å². The zero-order valence-electron chi connectivity index (χ0n) is 10.7. The minimum Gasteiger partial charge on any atom is -0.457 e. The van der Waals surface area contributed by atoms with Gasteiger partial charge in [0.25, 0.3) is 5.91 Å². The Labute approximate surface area is 125 Å². The zero-order chi connectivity index (χ0) is 13.8. The van der Waals surface area contributed by atoms with Gasteiger partial charge >= 0.3 is 0 Å². The van der Waals surface area contributed by atoms with Crippen LogP contribution in [0.25, 0.3) is 0 Å². The van der Waals surface area contributed by atoms with Crippen LogP contribution in [0.2, 0.25) is 0 Å². The fraction of sp³-hybridized carbons (Fsp3) is 0.214. The molecule has 0 spiro atoms. The van der Waals surface area contributed by atoms with Crippen molar-refractivity contribution < 1.29 is 9.21 Å². The molecule has 0 saturated carbocycles. The van der Waals surface area contributed by atoms with Crippen LogP contribution in [0.1, 0.15) is 15.9 Å². The molecular weight excluding hydrogens is 326 g/mol. The van der Waals surface area contributed by atoms with E-state index in [1.54, 1.807) is 29.8 Å². The van der Waals surface area contributed by atoms with Crippen LogP contribution in [0.4, 0.5) is 0 Å². The Morgan fingerprint density at radius 2 is 2.00 bits per heavy atom. The molecule has 0 N–H and O–H groups in total. The van der Waals surface area contributed by atoms with Gasteiger partial charge in [-0.25, -0.2) is 0 Å². The molecule has 0 aliphatic rings. The molecule has 0 unspecified atom stereocenters. The van der Waals surface area contributed by atoms with Gasteiger partial charge in [-0.3, -0.25) is 4.79 Å². The first-order chi connectivity index (χ1) is 9.11. The summed E-state index contributed by atoms with van der Waals surface area (Å²) in [7, 11) is 1.78. The minimum atomic E-state index is -0.0606. The number of hydrogen-bond donors (Lipinski definition) is 0. The standard InChI is InChI=1S/C14H14BrNO2S/c1-16(14(17)12-7-8-18-13(12)15)9-10-3-5-11(19-2)6-4-10/h3-8H,9H2,1-2H3. The SMILES string of the molecule is CSc1ccc(CN(C)C(=O)c2ccoc2Br)cc1. The maximum Gasteiger partial charge on any atom is 0.258 e. The summed E-state index contributed by atoms with van der Waals surface area (Å²) in [5.74, 6) is -0.0606. The lowest BCUT2D eigenvalue weighted by Gasteiger charge is -2.16. The predicted molar refractivity (Wildman–Crippen MR) is 80.4 cm³/mol. The van der Waals surface area contributed by atoms with E-state index in [1.807, 2.05) is 18.4 Å². The topological polar surface area (TPSA) is 33.5 Å². The van der Waals surface area contributed by atoms with E-state index in [1.165, 1.54) is 11.2 Å². The maximum atomic E-state index is 12.2. The number of amides is 1. The third kappa shape index (κ3) is 3.42. The van der Waals surface area contributed by atoms with Crippen molar-refractivity contribution in [3.8, 4) is 0 Å². The number of thioether (sulfide) groups is 1. The molecule has 0 saturated heterocycles. The van der Waals surface area contributed by atoms with Gasteiger partial charge in [-0.2, -0.15) is 0 Å². The van der Waals surface area contributed by atoms with Gasteiger partial charge in [0, 0.05) is 18.5 Å². The van der Waals surface area contributed by atoms with Crippen LogP contribution < -0.4 is 0 Å². The average Bonchev–Trinajstić information content (AvgIpc) is 2.85. The molecule has 1 aromatic carbocycles. The molecular formula is C14H14BrNO2S. The Balaban J connectivity index is 2.06. The third-order valence-corrected chi connectivity index (χ3v) is 4.13. The van der Waals surface area contributed by atoms with E-state index in [0.717, 1.165) is 5.56 Å². The largest absolute Gasteiger partial charge is 0.457 e. The second-order valence-corrected chi connectivity index (χ2v) is 5.72. The van der Waals surface area contributed by atoms with E-state index in [-0.39, 0.29) is 5.91 Å². The third-order valence-electron chi connectivity index (χ3n) is 2.77. The highest BCUT2D eigenvalue weighted by atomic mass is 79.9. The number of carbonyl (C=O) groups is 1. The number of carbonyl (C=O) groups excluding carboxylic acids is 1. The van der Waals surface area contributed by atoms with Crippen LogP contribution in [0.3, 0.4) is 0 Å². The maximum absolute atomic E-state index is 12.2. The molecule has 0 bridgehead atoms. The summed E-state index contributed by atoms with van der Waals surface area (Å²) in [6.45, 7) is 0.575. The number of hydrogen-bond acceptors (Lipinski definition) is 3. The summed E-state index contributed by atoms with van der Waals surface area (Å²) in [6, 6.07) is 9.87. The number of halogens is 1. The molecule has 0 radical (unpaired) electrons. The van der Waals surface area contributed by atoms with Gasteiger partial charge in [-0.15, -0.1) is 11.8 Å². The van der Waals surface area contributed by atoms with Crippen LogP contribution in [-0.2, 0) is 6.54 Å². The fourth-order valence-corrected chi connectivity index (χ4v) is 2.55. The molecule has 2 rings (SSSR count). The van der Waals surface area contributed by atoms with Gasteiger partial charge in [0.1, 0.15) is 0 Å². The van der Waals surface area contributed by atoms with Gasteiger partial charge < -0.3 is 9.32 Å². The Kier molecular flexibility index (Phi) is 4.71. The van der Waals surface area contributed by atoms with Crippen molar-refractivity contribution in [3.05, 3.63) is 52.4 Å². The highest BCUT2D eigenvalue weighted by molar-refractivity contribution is 9.10. The Bertz CT molecular complexity index is 565. The molecule has 1 aromatic heterocycles. The van der Waals surface area contributed by atoms with Crippen molar-refractivity contribution in [2.24, 2.45) is 0 Å². The number of furan rings is 1.